The highest BCUT2D eigenvalue weighted by molar-refractivity contribution is 6.52. The van der Waals surface area contributed by atoms with Gasteiger partial charge in [0.15, 0.2) is 5.78 Å². The number of nitrogens with zero attached hydrogens (tertiary/aromatic N) is 4. The maximum absolute atomic E-state index is 13.4. The molecule has 0 bridgehead atoms. The molecule has 0 atom stereocenters. The van der Waals surface area contributed by atoms with E-state index in [0.717, 1.165) is 17.0 Å². The Morgan fingerprint density at radius 2 is 1.91 bits per heavy atom. The van der Waals surface area contributed by atoms with Crippen molar-refractivity contribution in [2.24, 2.45) is 0 Å². The smallest absolute Gasteiger partial charge is 0.347 e. The lowest BCUT2D eigenvalue weighted by Gasteiger charge is -2.14. The van der Waals surface area contributed by atoms with Crippen molar-refractivity contribution in [2.75, 3.05) is 4.90 Å². The van der Waals surface area contributed by atoms with E-state index in [1.807, 2.05) is 0 Å². The molecule has 0 aliphatic carbocycles. The summed E-state index contributed by atoms with van der Waals surface area (Å²) < 4.78 is 19.8. The number of carbonyl (C=O) groups is 3. The van der Waals surface area contributed by atoms with Crippen LogP contribution in [0.15, 0.2) is 57.9 Å². The van der Waals surface area contributed by atoms with Crippen molar-refractivity contribution in [3.63, 3.8) is 0 Å². The van der Waals surface area contributed by atoms with Crippen LogP contribution in [0.3, 0.4) is 0 Å². The van der Waals surface area contributed by atoms with E-state index >= 15 is 0 Å². The van der Waals surface area contributed by atoms with Crippen LogP contribution in [0.4, 0.5) is 10.1 Å². The maximum atomic E-state index is 13.4. The molecule has 1 amide bonds. The van der Waals surface area contributed by atoms with Gasteiger partial charge < -0.3 is 4.42 Å². The van der Waals surface area contributed by atoms with Crippen LogP contribution in [-0.4, -0.2) is 32.5 Å². The predicted octanol–water partition coefficient (Wildman–Crippen LogP) is 2.79. The fourth-order valence-corrected chi connectivity index (χ4v) is 3.75. The van der Waals surface area contributed by atoms with Crippen molar-refractivity contribution in [1.82, 2.24) is 15.0 Å². The Bertz CT molecular complexity index is 1540. The molecule has 2 aromatic heterocycles. The van der Waals surface area contributed by atoms with Crippen LogP contribution >= 0.6 is 11.6 Å². The zero-order valence-electron chi connectivity index (χ0n) is 16.6. The minimum absolute atomic E-state index is 0.0214. The Morgan fingerprint density at radius 1 is 1.09 bits per heavy atom. The highest BCUT2D eigenvalue weighted by atomic mass is 35.5. The van der Waals surface area contributed by atoms with Gasteiger partial charge in [0, 0.05) is 16.5 Å². The van der Waals surface area contributed by atoms with E-state index in [0.29, 0.717) is 16.1 Å². The second-order valence-electron chi connectivity index (χ2n) is 7.34. The number of benzene rings is 2. The lowest BCUT2D eigenvalue weighted by Crippen LogP contribution is -2.29. The lowest BCUT2D eigenvalue weighted by molar-refractivity contribution is -0.114. The molecule has 4 aromatic rings. The number of anilines is 1. The number of rotatable bonds is 5. The zero-order valence-corrected chi connectivity index (χ0v) is 17.4. The summed E-state index contributed by atoms with van der Waals surface area (Å²) in [5.74, 6) is -2.79. The largest absolute Gasteiger partial charge is 0.422 e. The van der Waals surface area contributed by atoms with E-state index in [1.54, 1.807) is 12.1 Å². The van der Waals surface area contributed by atoms with Crippen molar-refractivity contribution in [1.29, 1.82) is 0 Å². The SMILES string of the molecule is O=C1C(=O)N(Cc2cn(CC(=O)c3cc4ccc(Cl)cc4oc3=O)nn2)c2ccc(F)cc21. The van der Waals surface area contributed by atoms with E-state index < -0.39 is 28.9 Å². The molecule has 9 nitrogen and oxygen atoms in total. The fraction of sp³-hybridized carbons (Fsp3) is 0.0909. The summed E-state index contributed by atoms with van der Waals surface area (Å²) in [6.07, 6.45) is 1.42. The van der Waals surface area contributed by atoms with E-state index in [2.05, 4.69) is 10.3 Å². The molecule has 1 aliphatic rings. The number of hydrogen-bond donors (Lipinski definition) is 0. The van der Waals surface area contributed by atoms with Gasteiger partial charge in [0.1, 0.15) is 29.2 Å². The number of carbonyl (C=O) groups excluding carboxylic acids is 3. The molecule has 3 heterocycles. The van der Waals surface area contributed by atoms with Gasteiger partial charge >= 0.3 is 5.63 Å². The van der Waals surface area contributed by atoms with Crippen molar-refractivity contribution in [3.8, 4) is 0 Å². The van der Waals surface area contributed by atoms with E-state index in [4.69, 9.17) is 16.0 Å². The summed E-state index contributed by atoms with van der Waals surface area (Å²) in [4.78, 5) is 50.5. The second kappa shape index (κ2) is 7.75. The summed E-state index contributed by atoms with van der Waals surface area (Å²) in [7, 11) is 0. The third-order valence-electron chi connectivity index (χ3n) is 5.14. The first-order valence-corrected chi connectivity index (χ1v) is 9.99. The minimum Gasteiger partial charge on any atom is -0.422 e. The van der Waals surface area contributed by atoms with Crippen molar-refractivity contribution in [3.05, 3.63) is 86.7 Å². The number of fused-ring (bicyclic) bond motifs is 2. The van der Waals surface area contributed by atoms with Crippen LogP contribution in [0.5, 0.6) is 0 Å². The van der Waals surface area contributed by atoms with Gasteiger partial charge in [0.2, 0.25) is 0 Å². The standard InChI is InChI=1S/C22H12ClFN4O5/c23-12-2-1-11-5-16(22(32)33-19(11)6-12)18(29)10-27-8-14(25-26-27)9-28-17-4-3-13(24)7-15(17)20(30)21(28)31/h1-8H,9-10H2. The molecule has 0 unspecified atom stereocenters. The number of halogens is 2. The van der Waals surface area contributed by atoms with Gasteiger partial charge in [-0.2, -0.15) is 0 Å². The topological polar surface area (TPSA) is 115 Å². The number of aromatic nitrogens is 3. The molecule has 1 aliphatic heterocycles. The number of amides is 1. The van der Waals surface area contributed by atoms with Gasteiger partial charge in [0.05, 0.1) is 24.0 Å². The molecule has 0 saturated carbocycles. The van der Waals surface area contributed by atoms with E-state index in [-0.39, 0.29) is 35.5 Å². The summed E-state index contributed by atoms with van der Waals surface area (Å²) >= 11 is 5.89. The average molecular weight is 467 g/mol. The van der Waals surface area contributed by atoms with Crippen molar-refractivity contribution in [2.45, 2.75) is 13.1 Å². The molecular weight excluding hydrogens is 455 g/mol. The molecule has 0 fully saturated rings. The van der Waals surface area contributed by atoms with Gasteiger partial charge in [-0.1, -0.05) is 16.8 Å². The average Bonchev–Trinajstić information content (AvgIpc) is 3.31. The van der Waals surface area contributed by atoms with Crippen LogP contribution in [0.25, 0.3) is 11.0 Å². The Kier molecular flexibility index (Phi) is 4.86. The quantitative estimate of drug-likeness (QED) is 0.252. The van der Waals surface area contributed by atoms with Gasteiger partial charge in [0.25, 0.3) is 11.7 Å². The highest BCUT2D eigenvalue weighted by Crippen LogP contribution is 2.30. The molecule has 0 N–H and O–H groups in total. The molecule has 164 valence electrons. The third kappa shape index (κ3) is 3.70. The van der Waals surface area contributed by atoms with Crippen LogP contribution in [-0.2, 0) is 17.9 Å². The van der Waals surface area contributed by atoms with Crippen molar-refractivity contribution < 1.29 is 23.2 Å². The predicted molar refractivity (Wildman–Crippen MR) is 114 cm³/mol. The van der Waals surface area contributed by atoms with Gasteiger partial charge in [-0.15, -0.1) is 5.10 Å². The number of Topliss-reactive ketones (excluding diaryl/α,β-unsaturated/α-hetero) is 2. The second-order valence-corrected chi connectivity index (χ2v) is 7.78. The summed E-state index contributed by atoms with van der Waals surface area (Å²) in [5.41, 5.74) is -0.158. The maximum Gasteiger partial charge on any atom is 0.347 e. The lowest BCUT2D eigenvalue weighted by atomic mass is 10.1. The molecule has 2 aromatic carbocycles. The van der Waals surface area contributed by atoms with Crippen LogP contribution in [0.1, 0.15) is 26.4 Å². The van der Waals surface area contributed by atoms with Crippen LogP contribution in [0.2, 0.25) is 5.02 Å². The summed E-state index contributed by atoms with van der Waals surface area (Å²) in [6, 6.07) is 9.63. The molecular formula is C22H12ClFN4O5. The van der Waals surface area contributed by atoms with Gasteiger partial charge in [-0.05, 0) is 36.4 Å². The first-order valence-electron chi connectivity index (χ1n) is 9.61. The first-order chi connectivity index (χ1) is 15.8. The molecule has 0 saturated heterocycles. The monoisotopic (exact) mass is 466 g/mol. The Morgan fingerprint density at radius 3 is 2.73 bits per heavy atom. The van der Waals surface area contributed by atoms with E-state index in [1.165, 1.54) is 29.1 Å². The zero-order chi connectivity index (χ0) is 23.3. The third-order valence-corrected chi connectivity index (χ3v) is 5.38. The summed E-state index contributed by atoms with van der Waals surface area (Å²) in [5, 5.41) is 8.71. The minimum atomic E-state index is -0.810. The van der Waals surface area contributed by atoms with E-state index in [9.17, 15) is 23.6 Å². The molecule has 33 heavy (non-hydrogen) atoms. The normalized spacial score (nSPS) is 13.1. The summed E-state index contributed by atoms with van der Waals surface area (Å²) in [6.45, 7) is -0.401. The first kappa shape index (κ1) is 20.7. The Hall–Kier alpha value is -4.18. The Balaban J connectivity index is 1.35. The molecule has 0 radical (unpaired) electrons. The van der Waals surface area contributed by atoms with Crippen molar-refractivity contribution >= 4 is 45.7 Å². The fourth-order valence-electron chi connectivity index (χ4n) is 3.59. The highest BCUT2D eigenvalue weighted by Gasteiger charge is 2.36. The van der Waals surface area contributed by atoms with Gasteiger partial charge in [-0.25, -0.2) is 13.9 Å². The van der Waals surface area contributed by atoms with Gasteiger partial charge in [-0.3, -0.25) is 19.3 Å². The number of hydrogen-bond acceptors (Lipinski definition) is 7. The number of ketones is 2. The van der Waals surface area contributed by atoms with Crippen LogP contribution < -0.4 is 10.5 Å². The molecule has 5 rings (SSSR count). The molecule has 11 heteroatoms. The molecule has 0 spiro atoms. The Labute approximate surface area is 189 Å². The van der Waals surface area contributed by atoms with Crippen LogP contribution in [0, 0.1) is 5.82 Å².